The number of hydrogen-bond donors (Lipinski definition) is 0. The summed E-state index contributed by atoms with van der Waals surface area (Å²) in [5, 5.41) is 0. The maximum atomic E-state index is 5.52. The van der Waals surface area contributed by atoms with Crippen LogP contribution in [-0.2, 0) is 18.9 Å². The summed E-state index contributed by atoms with van der Waals surface area (Å²) in [7, 11) is 3.11. The molecule has 0 spiro atoms. The van der Waals surface area contributed by atoms with E-state index in [1.165, 1.54) is 6.26 Å². The van der Waals surface area contributed by atoms with Crippen molar-refractivity contribution in [1.82, 2.24) is 0 Å². The highest BCUT2D eigenvalue weighted by atomic mass is 16.8. The van der Waals surface area contributed by atoms with Gasteiger partial charge in [-0.05, 0) is 6.92 Å². The molecule has 0 saturated heterocycles. The Morgan fingerprint density at radius 3 is 2.15 bits per heavy atom. The molecule has 0 aromatic carbocycles. The van der Waals surface area contributed by atoms with Gasteiger partial charge in [-0.3, -0.25) is 0 Å². The fourth-order valence-corrected chi connectivity index (χ4v) is 1.19. The average Bonchev–Trinajstić information content (AvgIpc) is 2.12. The van der Waals surface area contributed by atoms with E-state index < -0.39 is 11.6 Å². The summed E-state index contributed by atoms with van der Waals surface area (Å²) < 4.78 is 21.4. The summed E-state index contributed by atoms with van der Waals surface area (Å²) in [5.41, 5.74) is 0. The van der Waals surface area contributed by atoms with Gasteiger partial charge in [-0.15, -0.1) is 0 Å². The number of ether oxygens (including phenoxy) is 4. The third kappa shape index (κ3) is 1.51. The van der Waals surface area contributed by atoms with Gasteiger partial charge in [0.15, 0.2) is 0 Å². The summed E-state index contributed by atoms with van der Waals surface area (Å²) in [6.07, 6.45) is 1.52. The molecule has 76 valence electrons. The molecule has 13 heavy (non-hydrogen) atoms. The van der Waals surface area contributed by atoms with E-state index in [9.17, 15) is 0 Å². The average molecular weight is 188 g/mol. The number of methoxy groups -OCH3 is 2. The van der Waals surface area contributed by atoms with Gasteiger partial charge in [0.1, 0.15) is 12.0 Å². The predicted molar refractivity (Wildman–Crippen MR) is 46.8 cm³/mol. The van der Waals surface area contributed by atoms with Crippen LogP contribution >= 0.6 is 0 Å². The minimum Gasteiger partial charge on any atom is -0.460 e. The Hall–Kier alpha value is -0.740. The molecular formula is C9H16O4. The largest absolute Gasteiger partial charge is 0.460 e. The first-order chi connectivity index (χ1) is 5.97. The van der Waals surface area contributed by atoms with E-state index in [0.29, 0.717) is 5.76 Å². The molecule has 4 nitrogen and oxygen atoms in total. The molecule has 1 aliphatic rings. The molecule has 0 aliphatic carbocycles. The van der Waals surface area contributed by atoms with Crippen molar-refractivity contribution in [2.24, 2.45) is 0 Å². The molecule has 2 atom stereocenters. The number of rotatable bonds is 2. The van der Waals surface area contributed by atoms with Crippen molar-refractivity contribution in [3.05, 3.63) is 12.0 Å². The lowest BCUT2D eigenvalue weighted by molar-refractivity contribution is -0.376. The third-order valence-corrected chi connectivity index (χ3v) is 2.41. The van der Waals surface area contributed by atoms with E-state index in [2.05, 4.69) is 0 Å². The van der Waals surface area contributed by atoms with Crippen LogP contribution in [0.2, 0.25) is 0 Å². The molecule has 0 N–H and O–H groups in total. The molecule has 1 heterocycles. The van der Waals surface area contributed by atoms with Crippen molar-refractivity contribution in [3.8, 4) is 0 Å². The van der Waals surface area contributed by atoms with E-state index in [0.717, 1.165) is 0 Å². The van der Waals surface area contributed by atoms with Crippen molar-refractivity contribution in [2.45, 2.75) is 32.3 Å². The first kappa shape index (κ1) is 10.3. The molecule has 0 fully saturated rings. The highest BCUT2D eigenvalue weighted by Crippen LogP contribution is 2.36. The Balaban J connectivity index is 2.97. The van der Waals surface area contributed by atoms with Crippen molar-refractivity contribution in [1.29, 1.82) is 0 Å². The fourth-order valence-electron chi connectivity index (χ4n) is 1.19. The van der Waals surface area contributed by atoms with E-state index >= 15 is 0 Å². The standard InChI is InChI=1S/C9H16O4/c1-7-6-12-8(2,10-4)9(3,11-5)13-7/h6H,1-5H3/t8-,9-/m0/s1. The van der Waals surface area contributed by atoms with E-state index in [-0.39, 0.29) is 0 Å². The highest BCUT2D eigenvalue weighted by Gasteiger charge is 2.52. The highest BCUT2D eigenvalue weighted by molar-refractivity contribution is 4.96. The maximum Gasteiger partial charge on any atom is 0.272 e. The van der Waals surface area contributed by atoms with Gasteiger partial charge in [0, 0.05) is 28.1 Å². The van der Waals surface area contributed by atoms with Crippen LogP contribution in [0, 0.1) is 0 Å². The molecule has 0 bridgehead atoms. The first-order valence-corrected chi connectivity index (χ1v) is 4.11. The lowest BCUT2D eigenvalue weighted by Crippen LogP contribution is -2.57. The van der Waals surface area contributed by atoms with Crippen molar-refractivity contribution in [2.75, 3.05) is 14.2 Å². The Kier molecular flexibility index (Phi) is 2.54. The quantitative estimate of drug-likeness (QED) is 0.659. The second kappa shape index (κ2) is 3.20. The van der Waals surface area contributed by atoms with Crippen LogP contribution in [0.25, 0.3) is 0 Å². The topological polar surface area (TPSA) is 36.9 Å². The molecule has 0 aromatic heterocycles. The predicted octanol–water partition coefficient (Wildman–Crippen LogP) is 1.62. The van der Waals surface area contributed by atoms with Gasteiger partial charge < -0.3 is 18.9 Å². The summed E-state index contributed by atoms with van der Waals surface area (Å²) in [4.78, 5) is 0. The number of allylic oxidation sites excluding steroid dienone is 1. The van der Waals surface area contributed by atoms with Crippen LogP contribution in [0.4, 0.5) is 0 Å². The van der Waals surface area contributed by atoms with Crippen LogP contribution in [-0.4, -0.2) is 25.8 Å². The van der Waals surface area contributed by atoms with Crippen molar-refractivity contribution in [3.63, 3.8) is 0 Å². The molecular weight excluding hydrogens is 172 g/mol. The SMILES string of the molecule is CO[C@@]1(C)OC=C(C)O[C@]1(C)OC. The first-order valence-electron chi connectivity index (χ1n) is 4.11. The Morgan fingerprint density at radius 2 is 1.69 bits per heavy atom. The lowest BCUT2D eigenvalue weighted by Gasteiger charge is -2.44. The molecule has 4 heteroatoms. The normalized spacial score (nSPS) is 39.0. The smallest absolute Gasteiger partial charge is 0.272 e. The minimum absolute atomic E-state index is 0.666. The van der Waals surface area contributed by atoms with Crippen LogP contribution in [0.3, 0.4) is 0 Å². The van der Waals surface area contributed by atoms with Crippen LogP contribution in [0.1, 0.15) is 20.8 Å². The van der Waals surface area contributed by atoms with Crippen LogP contribution in [0.5, 0.6) is 0 Å². The molecule has 0 saturated carbocycles. The second-order valence-corrected chi connectivity index (χ2v) is 3.25. The lowest BCUT2D eigenvalue weighted by atomic mass is 10.1. The fraction of sp³-hybridized carbons (Fsp3) is 0.778. The maximum absolute atomic E-state index is 5.52. The molecule has 1 aliphatic heterocycles. The van der Waals surface area contributed by atoms with Gasteiger partial charge in [-0.2, -0.15) is 0 Å². The number of hydrogen-bond acceptors (Lipinski definition) is 4. The van der Waals surface area contributed by atoms with Crippen molar-refractivity contribution < 1.29 is 18.9 Å². The Morgan fingerprint density at radius 1 is 1.15 bits per heavy atom. The zero-order valence-corrected chi connectivity index (χ0v) is 8.71. The summed E-state index contributed by atoms with van der Waals surface area (Å²) >= 11 is 0. The van der Waals surface area contributed by atoms with Gasteiger partial charge in [0.05, 0.1) is 0 Å². The monoisotopic (exact) mass is 188 g/mol. The van der Waals surface area contributed by atoms with E-state index in [1.54, 1.807) is 35.0 Å². The Bertz CT molecular complexity index is 226. The van der Waals surface area contributed by atoms with Gasteiger partial charge in [-0.25, -0.2) is 0 Å². The third-order valence-electron chi connectivity index (χ3n) is 2.41. The molecule has 0 radical (unpaired) electrons. The molecule has 0 unspecified atom stereocenters. The van der Waals surface area contributed by atoms with Gasteiger partial charge in [0.2, 0.25) is 0 Å². The minimum atomic E-state index is -0.916. The van der Waals surface area contributed by atoms with E-state index in [1.807, 2.05) is 0 Å². The van der Waals surface area contributed by atoms with Crippen LogP contribution < -0.4 is 0 Å². The second-order valence-electron chi connectivity index (χ2n) is 3.25. The molecule has 1 rings (SSSR count). The molecule has 0 aromatic rings. The van der Waals surface area contributed by atoms with Crippen molar-refractivity contribution >= 4 is 0 Å². The van der Waals surface area contributed by atoms with Gasteiger partial charge >= 0.3 is 0 Å². The van der Waals surface area contributed by atoms with Gasteiger partial charge in [0.25, 0.3) is 11.6 Å². The summed E-state index contributed by atoms with van der Waals surface area (Å²) in [6.45, 7) is 5.33. The molecule has 0 amide bonds. The van der Waals surface area contributed by atoms with E-state index in [4.69, 9.17) is 18.9 Å². The summed E-state index contributed by atoms with van der Waals surface area (Å²) in [5.74, 6) is -1.17. The zero-order chi connectivity index (χ0) is 10.1. The zero-order valence-electron chi connectivity index (χ0n) is 8.71. The van der Waals surface area contributed by atoms with Crippen LogP contribution in [0.15, 0.2) is 12.0 Å². The Labute approximate surface area is 78.4 Å². The van der Waals surface area contributed by atoms with Gasteiger partial charge in [-0.1, -0.05) is 0 Å². The summed E-state index contributed by atoms with van der Waals surface area (Å²) in [6, 6.07) is 0.